The second kappa shape index (κ2) is 12.3. The molecule has 1 amide bonds. The summed E-state index contributed by atoms with van der Waals surface area (Å²) < 4.78 is 0. The monoisotopic (exact) mass is 579 g/mol. The van der Waals surface area contributed by atoms with E-state index in [-0.39, 0.29) is 18.0 Å². The van der Waals surface area contributed by atoms with E-state index in [0.717, 1.165) is 59.3 Å². The molecule has 0 bridgehead atoms. The molecule has 1 aliphatic heterocycles. The largest absolute Gasteiger partial charge is 0.388 e. The first-order valence-electron chi connectivity index (χ1n) is 15.4. The number of benzene rings is 2. The summed E-state index contributed by atoms with van der Waals surface area (Å²) in [5.41, 5.74) is 14.4. The van der Waals surface area contributed by atoms with Gasteiger partial charge in [-0.3, -0.25) is 9.79 Å². The number of likely N-dealkylation sites (tertiary alicyclic amines) is 1. The molecule has 0 aromatic heterocycles. The van der Waals surface area contributed by atoms with E-state index in [1.807, 2.05) is 33.0 Å². The lowest BCUT2D eigenvalue weighted by molar-refractivity contribution is 0.0963. The maximum Gasteiger partial charge on any atom is 0.251 e. The number of nitrogens with one attached hydrogen (secondary N) is 3. The number of hydrogen-bond acceptors (Lipinski definition) is 6. The van der Waals surface area contributed by atoms with Gasteiger partial charge in [-0.2, -0.15) is 5.26 Å². The molecule has 2 fully saturated rings. The number of nitriles is 1. The molecule has 5 N–H and O–H groups in total. The third-order valence-electron chi connectivity index (χ3n) is 9.39. The number of piperidine rings is 1. The molecular weight excluding hydrogens is 534 g/mol. The lowest BCUT2D eigenvalue weighted by Gasteiger charge is -2.37. The number of hydrogen-bond donors (Lipinski definition) is 4. The smallest absolute Gasteiger partial charge is 0.251 e. The summed E-state index contributed by atoms with van der Waals surface area (Å²) in [6.07, 6.45) is 4.35. The first-order chi connectivity index (χ1) is 20.6. The van der Waals surface area contributed by atoms with Gasteiger partial charge in [0.2, 0.25) is 0 Å². The Labute approximate surface area is 256 Å². The average Bonchev–Trinajstić information content (AvgIpc) is 3.70. The van der Waals surface area contributed by atoms with E-state index in [9.17, 15) is 10.1 Å². The van der Waals surface area contributed by atoms with E-state index < -0.39 is 5.41 Å². The molecule has 5 rings (SSSR count). The first kappa shape index (κ1) is 30.4. The van der Waals surface area contributed by atoms with Crippen LogP contribution in [0.4, 0.5) is 0 Å². The van der Waals surface area contributed by atoms with Crippen molar-refractivity contribution in [1.29, 1.82) is 5.26 Å². The molecule has 43 heavy (non-hydrogen) atoms. The van der Waals surface area contributed by atoms with Gasteiger partial charge in [-0.15, -0.1) is 0 Å². The number of nitrogens with zero attached hydrogens (tertiary/aromatic N) is 3. The minimum absolute atomic E-state index is 0.0119. The number of aryl methyl sites for hydroxylation is 2. The van der Waals surface area contributed by atoms with Gasteiger partial charge >= 0.3 is 0 Å². The zero-order valence-corrected chi connectivity index (χ0v) is 26.0. The number of carbonyl (C=O) groups is 1. The number of carbonyl (C=O) groups excluding carboxylic acids is 1. The minimum atomic E-state index is -0.703. The Morgan fingerprint density at radius 1 is 1.09 bits per heavy atom. The third-order valence-corrected chi connectivity index (χ3v) is 9.39. The molecule has 1 heterocycles. The van der Waals surface area contributed by atoms with Crippen molar-refractivity contribution in [2.45, 2.75) is 69.5 Å². The van der Waals surface area contributed by atoms with Crippen molar-refractivity contribution in [2.24, 2.45) is 16.6 Å². The first-order valence-corrected chi connectivity index (χ1v) is 15.4. The Hall–Kier alpha value is -4.09. The van der Waals surface area contributed by atoms with Gasteiger partial charge in [0.25, 0.3) is 5.91 Å². The number of rotatable bonds is 11. The molecule has 4 atom stereocenters. The van der Waals surface area contributed by atoms with Crippen LogP contribution in [0.2, 0.25) is 0 Å². The van der Waals surface area contributed by atoms with E-state index in [1.54, 1.807) is 7.05 Å². The highest BCUT2D eigenvalue weighted by atomic mass is 16.1. The second-order valence-corrected chi connectivity index (χ2v) is 12.4. The summed E-state index contributed by atoms with van der Waals surface area (Å²) in [4.78, 5) is 19.8. The summed E-state index contributed by atoms with van der Waals surface area (Å²) >= 11 is 0. The highest BCUT2D eigenvalue weighted by Gasteiger charge is 2.52. The molecule has 1 saturated carbocycles. The van der Waals surface area contributed by atoms with Crippen LogP contribution >= 0.6 is 0 Å². The van der Waals surface area contributed by atoms with Crippen molar-refractivity contribution in [3.63, 3.8) is 0 Å². The lowest BCUT2D eigenvalue weighted by atomic mass is 9.68. The lowest BCUT2D eigenvalue weighted by Crippen LogP contribution is -2.46. The molecule has 8 nitrogen and oxygen atoms in total. The van der Waals surface area contributed by atoms with Crippen LogP contribution in [-0.2, 0) is 18.3 Å². The Morgan fingerprint density at radius 2 is 1.74 bits per heavy atom. The molecule has 2 aliphatic carbocycles. The fraction of sp³-hybridized carbons (Fsp3) is 0.457. The number of amidine groups is 1. The molecule has 226 valence electrons. The predicted octanol–water partition coefficient (Wildman–Crippen LogP) is 3.87. The van der Waals surface area contributed by atoms with Gasteiger partial charge in [-0.1, -0.05) is 31.4 Å². The summed E-state index contributed by atoms with van der Waals surface area (Å²) in [7, 11) is 3.53. The van der Waals surface area contributed by atoms with Crippen LogP contribution in [0.3, 0.4) is 0 Å². The van der Waals surface area contributed by atoms with Gasteiger partial charge in [0.05, 0.1) is 11.5 Å². The number of amides is 1. The van der Waals surface area contributed by atoms with Crippen molar-refractivity contribution >= 4 is 17.4 Å². The third kappa shape index (κ3) is 5.66. The van der Waals surface area contributed by atoms with Crippen LogP contribution in [0.1, 0.15) is 71.3 Å². The van der Waals surface area contributed by atoms with Crippen molar-refractivity contribution in [2.75, 3.05) is 27.2 Å². The van der Waals surface area contributed by atoms with Crippen LogP contribution in [0, 0.1) is 17.2 Å². The SMILES string of the molecule is C=C(NC)c1ccc2c(c1)CCc1cc(C(=O)NC)ccc1C2(CCNCC(=C)N1C(C#N)C[C@@H]2C[C@@H]21)C(N)=NC(C)C. The van der Waals surface area contributed by atoms with Crippen LogP contribution < -0.4 is 21.7 Å². The van der Waals surface area contributed by atoms with Crippen LogP contribution in [0.5, 0.6) is 0 Å². The average molecular weight is 580 g/mol. The fourth-order valence-corrected chi connectivity index (χ4v) is 7.15. The van der Waals surface area contributed by atoms with Crippen molar-refractivity contribution in [3.8, 4) is 6.07 Å². The molecular formula is C35H45N7O. The zero-order chi connectivity index (χ0) is 30.9. The van der Waals surface area contributed by atoms with Crippen LogP contribution in [-0.4, -0.2) is 62.0 Å². The topological polar surface area (TPSA) is 119 Å². The maximum atomic E-state index is 12.6. The molecule has 0 spiro atoms. The zero-order valence-electron chi connectivity index (χ0n) is 26.0. The number of aliphatic imine (C=N–C) groups is 1. The van der Waals surface area contributed by atoms with Gasteiger partial charge in [0.15, 0.2) is 0 Å². The molecule has 1 saturated heterocycles. The molecule has 2 aromatic carbocycles. The van der Waals surface area contributed by atoms with Crippen molar-refractivity contribution < 1.29 is 4.79 Å². The molecule has 0 radical (unpaired) electrons. The summed E-state index contributed by atoms with van der Waals surface area (Å²) in [6, 6.07) is 15.4. The molecule has 3 aliphatic rings. The van der Waals surface area contributed by atoms with Crippen molar-refractivity contribution in [1.82, 2.24) is 20.9 Å². The van der Waals surface area contributed by atoms with Crippen molar-refractivity contribution in [3.05, 3.63) is 88.6 Å². The summed E-state index contributed by atoms with van der Waals surface area (Å²) in [5, 5.41) is 19.2. The van der Waals surface area contributed by atoms with Crippen LogP contribution in [0.25, 0.3) is 5.70 Å². The van der Waals surface area contributed by atoms with E-state index in [0.29, 0.717) is 42.9 Å². The van der Waals surface area contributed by atoms with Gasteiger partial charge < -0.3 is 26.6 Å². The summed E-state index contributed by atoms with van der Waals surface area (Å²) in [6.45, 7) is 13.9. The Kier molecular flexibility index (Phi) is 8.66. The quantitative estimate of drug-likeness (QED) is 0.182. The van der Waals surface area contributed by atoms with Gasteiger partial charge in [0, 0.05) is 49.7 Å². The maximum absolute atomic E-state index is 12.6. The van der Waals surface area contributed by atoms with Gasteiger partial charge in [-0.25, -0.2) is 0 Å². The van der Waals surface area contributed by atoms with Crippen LogP contribution in [0.15, 0.2) is 60.2 Å². The number of fused-ring (bicyclic) bond motifs is 3. The summed E-state index contributed by atoms with van der Waals surface area (Å²) in [5.74, 6) is 1.10. The fourth-order valence-electron chi connectivity index (χ4n) is 7.15. The molecule has 2 unspecified atom stereocenters. The Morgan fingerprint density at radius 3 is 2.35 bits per heavy atom. The minimum Gasteiger partial charge on any atom is -0.388 e. The van der Waals surface area contributed by atoms with E-state index >= 15 is 0 Å². The Balaban J connectivity index is 1.54. The van der Waals surface area contributed by atoms with E-state index in [2.05, 4.69) is 64.3 Å². The molecule has 8 heteroatoms. The van der Waals surface area contributed by atoms with Gasteiger partial charge in [0.1, 0.15) is 11.9 Å². The normalized spacial score (nSPS) is 23.9. The highest BCUT2D eigenvalue weighted by Crippen LogP contribution is 2.49. The number of nitrogens with two attached hydrogens (primary N) is 1. The van der Waals surface area contributed by atoms with E-state index in [1.165, 1.54) is 5.56 Å². The molecule has 2 aromatic rings. The van der Waals surface area contributed by atoms with E-state index in [4.69, 9.17) is 10.7 Å². The van der Waals surface area contributed by atoms with Gasteiger partial charge in [-0.05, 0) is 104 Å². The second-order valence-electron chi connectivity index (χ2n) is 12.4. The Bertz CT molecular complexity index is 1430. The standard InChI is InChI=1S/C35H45N7O/c1-21(2)41-34(37)35(13-14-40-20-22(3)42-29(19-36)17-28-18-32(28)42)30-11-9-24(23(4)38-5)15-25(30)7-8-26-16-27(33(43)39-6)10-12-31(26)35/h9-12,15-16,21,28-29,32,38,40H,3-4,7-8,13-14,17-18,20H2,1-2,5-6H3,(H2,37,41)(H,39,43)/t28-,29?,32+,35?/m1/s1. The highest BCUT2D eigenvalue weighted by molar-refractivity contribution is 5.98. The predicted molar refractivity (Wildman–Crippen MR) is 174 cm³/mol.